The Hall–Kier alpha value is -3.46. The zero-order valence-corrected chi connectivity index (χ0v) is 16.5. The average molecular weight is 415 g/mol. The van der Waals surface area contributed by atoms with Crippen LogP contribution in [0.2, 0.25) is 0 Å². The van der Waals surface area contributed by atoms with Crippen LogP contribution in [-0.4, -0.2) is 26.4 Å². The molecule has 0 bridgehead atoms. The van der Waals surface area contributed by atoms with E-state index in [0.717, 1.165) is 12.1 Å². The number of hydrogen-bond acceptors (Lipinski definition) is 5. The summed E-state index contributed by atoms with van der Waals surface area (Å²) in [6.45, 7) is 1.62. The number of anilines is 2. The minimum absolute atomic E-state index is 0.00423. The topological polar surface area (TPSA) is 97.4 Å². The highest BCUT2D eigenvalue weighted by Gasteiger charge is 2.20. The maximum Gasteiger partial charge on any atom is 0.274 e. The molecule has 0 unspecified atom stereocenters. The number of amides is 1. The van der Waals surface area contributed by atoms with E-state index in [0.29, 0.717) is 11.3 Å². The number of methoxy groups -OCH3 is 1. The lowest BCUT2D eigenvalue weighted by Crippen LogP contribution is -2.18. The summed E-state index contributed by atoms with van der Waals surface area (Å²) in [5.41, 5.74) is 0.574. The van der Waals surface area contributed by atoms with Crippen molar-refractivity contribution in [2.24, 2.45) is 0 Å². The van der Waals surface area contributed by atoms with E-state index in [4.69, 9.17) is 4.74 Å². The fraction of sp³-hybridized carbons (Fsp3) is 0.100. The molecule has 0 aliphatic carbocycles. The smallest absolute Gasteiger partial charge is 0.274 e. The molecule has 0 saturated heterocycles. The lowest BCUT2D eigenvalue weighted by atomic mass is 10.2. The van der Waals surface area contributed by atoms with E-state index in [1.807, 2.05) is 0 Å². The van der Waals surface area contributed by atoms with Gasteiger partial charge in [-0.15, -0.1) is 0 Å². The Morgan fingerprint density at radius 3 is 2.52 bits per heavy atom. The van der Waals surface area contributed by atoms with Gasteiger partial charge in [-0.1, -0.05) is 6.07 Å². The summed E-state index contributed by atoms with van der Waals surface area (Å²) in [5, 5.41) is 2.55. The van der Waals surface area contributed by atoms with Crippen LogP contribution >= 0.6 is 0 Å². The number of rotatable bonds is 6. The largest absolute Gasteiger partial charge is 0.497 e. The second-order valence-corrected chi connectivity index (χ2v) is 7.75. The maximum atomic E-state index is 13.8. The van der Waals surface area contributed by atoms with Crippen LogP contribution in [0.5, 0.6) is 5.75 Å². The van der Waals surface area contributed by atoms with Crippen molar-refractivity contribution in [2.75, 3.05) is 17.1 Å². The van der Waals surface area contributed by atoms with Crippen molar-refractivity contribution in [3.63, 3.8) is 0 Å². The van der Waals surface area contributed by atoms with Gasteiger partial charge in [-0.2, -0.15) is 0 Å². The van der Waals surface area contributed by atoms with E-state index in [-0.39, 0.29) is 22.0 Å². The first kappa shape index (κ1) is 20.3. The molecule has 0 aliphatic rings. The number of aromatic nitrogens is 1. The monoisotopic (exact) mass is 415 g/mol. The van der Waals surface area contributed by atoms with Gasteiger partial charge in [-0.25, -0.2) is 12.8 Å². The summed E-state index contributed by atoms with van der Waals surface area (Å²) in [4.78, 5) is 16.3. The second-order valence-electron chi connectivity index (χ2n) is 6.10. The SMILES string of the molecule is COc1ccc(S(=O)(=O)Nc2cc(F)ccc2NC(=O)c2ccccn2)c(C)c1. The third kappa shape index (κ3) is 4.69. The summed E-state index contributed by atoms with van der Waals surface area (Å²) < 4.78 is 46.9. The van der Waals surface area contributed by atoms with Crippen LogP contribution in [0.1, 0.15) is 16.1 Å². The van der Waals surface area contributed by atoms with Gasteiger partial charge in [0.25, 0.3) is 15.9 Å². The lowest BCUT2D eigenvalue weighted by molar-refractivity contribution is 0.102. The van der Waals surface area contributed by atoms with Gasteiger partial charge in [0.2, 0.25) is 0 Å². The predicted molar refractivity (Wildman–Crippen MR) is 107 cm³/mol. The van der Waals surface area contributed by atoms with Crippen LogP contribution < -0.4 is 14.8 Å². The Morgan fingerprint density at radius 2 is 1.86 bits per heavy atom. The van der Waals surface area contributed by atoms with Gasteiger partial charge in [0, 0.05) is 12.3 Å². The average Bonchev–Trinajstić information content (AvgIpc) is 2.70. The van der Waals surface area contributed by atoms with Crippen molar-refractivity contribution in [2.45, 2.75) is 11.8 Å². The fourth-order valence-electron chi connectivity index (χ4n) is 2.64. The number of carbonyl (C=O) groups excluding carboxylic acids is 1. The molecular formula is C20H18FN3O4S. The van der Waals surface area contributed by atoms with Crippen LogP contribution in [-0.2, 0) is 10.0 Å². The zero-order chi connectivity index (χ0) is 21.0. The highest BCUT2D eigenvalue weighted by atomic mass is 32.2. The molecule has 0 fully saturated rings. The first-order valence-corrected chi connectivity index (χ1v) is 9.98. The quantitative estimate of drug-likeness (QED) is 0.641. The summed E-state index contributed by atoms with van der Waals surface area (Å²) in [7, 11) is -2.57. The maximum absolute atomic E-state index is 13.8. The number of carbonyl (C=O) groups is 1. The number of sulfonamides is 1. The van der Waals surface area contributed by atoms with Gasteiger partial charge in [-0.05, 0) is 55.0 Å². The van der Waals surface area contributed by atoms with Gasteiger partial charge in [0.05, 0.1) is 23.4 Å². The molecule has 7 nitrogen and oxygen atoms in total. The number of hydrogen-bond donors (Lipinski definition) is 2. The molecule has 0 atom stereocenters. The van der Waals surface area contributed by atoms with Gasteiger partial charge in [0.15, 0.2) is 0 Å². The van der Waals surface area contributed by atoms with Crippen LogP contribution in [0.3, 0.4) is 0 Å². The summed E-state index contributed by atoms with van der Waals surface area (Å²) in [6.07, 6.45) is 1.45. The lowest BCUT2D eigenvalue weighted by Gasteiger charge is -2.15. The Morgan fingerprint density at radius 1 is 1.07 bits per heavy atom. The Bertz CT molecular complexity index is 1150. The van der Waals surface area contributed by atoms with Crippen molar-refractivity contribution in [1.82, 2.24) is 4.98 Å². The number of ether oxygens (including phenoxy) is 1. The van der Waals surface area contributed by atoms with Gasteiger partial charge >= 0.3 is 0 Å². The standard InChI is InChI=1S/C20H18FN3O4S/c1-13-11-15(28-2)7-9-19(13)29(26,27)24-18-12-14(21)6-8-16(18)23-20(25)17-5-3-4-10-22-17/h3-12,24H,1-2H3,(H,23,25). The molecule has 29 heavy (non-hydrogen) atoms. The van der Waals surface area contributed by atoms with Crippen molar-refractivity contribution >= 4 is 27.3 Å². The number of benzene rings is 2. The molecule has 2 N–H and O–H groups in total. The minimum atomic E-state index is -4.05. The molecule has 150 valence electrons. The molecule has 1 amide bonds. The summed E-state index contributed by atoms with van der Waals surface area (Å²) in [5.74, 6) is -0.709. The van der Waals surface area contributed by atoms with Gasteiger partial charge in [0.1, 0.15) is 17.3 Å². The first-order valence-electron chi connectivity index (χ1n) is 8.49. The van der Waals surface area contributed by atoms with E-state index in [1.54, 1.807) is 25.1 Å². The predicted octanol–water partition coefficient (Wildman–Crippen LogP) is 3.59. The molecule has 1 heterocycles. The third-order valence-corrected chi connectivity index (χ3v) is 5.57. The number of aryl methyl sites for hydroxylation is 1. The second kappa shape index (κ2) is 8.27. The summed E-state index contributed by atoms with van der Waals surface area (Å²) in [6, 6.07) is 12.7. The molecule has 3 rings (SSSR count). The fourth-order valence-corrected chi connectivity index (χ4v) is 3.94. The minimum Gasteiger partial charge on any atom is -0.497 e. The number of pyridine rings is 1. The van der Waals surface area contributed by atoms with Gasteiger partial charge < -0.3 is 10.1 Å². The number of nitrogens with one attached hydrogen (secondary N) is 2. The van der Waals surface area contributed by atoms with Crippen molar-refractivity contribution < 1.29 is 22.3 Å². The van der Waals surface area contributed by atoms with Crippen molar-refractivity contribution in [3.8, 4) is 5.75 Å². The molecule has 0 radical (unpaired) electrons. The molecule has 0 saturated carbocycles. The van der Waals surface area contributed by atoms with E-state index in [9.17, 15) is 17.6 Å². The molecule has 3 aromatic rings. The number of nitrogens with zero attached hydrogens (tertiary/aromatic N) is 1. The Kier molecular flexibility index (Phi) is 5.79. The first-order chi connectivity index (χ1) is 13.8. The third-order valence-electron chi connectivity index (χ3n) is 4.04. The Labute approximate surface area is 167 Å². The van der Waals surface area contributed by atoms with Crippen LogP contribution in [0.4, 0.5) is 15.8 Å². The van der Waals surface area contributed by atoms with E-state index in [1.165, 1.54) is 37.6 Å². The van der Waals surface area contributed by atoms with Crippen LogP contribution in [0.25, 0.3) is 0 Å². The molecule has 2 aromatic carbocycles. The molecular weight excluding hydrogens is 397 g/mol. The van der Waals surface area contributed by atoms with Crippen molar-refractivity contribution in [1.29, 1.82) is 0 Å². The van der Waals surface area contributed by atoms with Gasteiger partial charge in [-0.3, -0.25) is 14.5 Å². The Balaban J connectivity index is 1.92. The highest BCUT2D eigenvalue weighted by molar-refractivity contribution is 7.92. The van der Waals surface area contributed by atoms with Crippen molar-refractivity contribution in [3.05, 3.63) is 77.9 Å². The van der Waals surface area contributed by atoms with Crippen LogP contribution in [0.15, 0.2) is 65.7 Å². The number of halogens is 1. The molecule has 0 aliphatic heterocycles. The summed E-state index contributed by atoms with van der Waals surface area (Å²) >= 11 is 0. The normalized spacial score (nSPS) is 11.0. The highest BCUT2D eigenvalue weighted by Crippen LogP contribution is 2.28. The van der Waals surface area contributed by atoms with E-state index >= 15 is 0 Å². The van der Waals surface area contributed by atoms with E-state index in [2.05, 4.69) is 15.0 Å². The molecule has 1 aromatic heterocycles. The van der Waals surface area contributed by atoms with Crippen LogP contribution in [0, 0.1) is 12.7 Å². The molecule has 9 heteroatoms. The van der Waals surface area contributed by atoms with E-state index < -0.39 is 21.7 Å². The molecule has 0 spiro atoms. The zero-order valence-electron chi connectivity index (χ0n) is 15.6.